The van der Waals surface area contributed by atoms with Gasteiger partial charge in [-0.2, -0.15) is 0 Å². The lowest BCUT2D eigenvalue weighted by atomic mass is 9.54. The van der Waals surface area contributed by atoms with E-state index in [4.69, 9.17) is 0 Å². The van der Waals surface area contributed by atoms with E-state index < -0.39 is 0 Å². The van der Waals surface area contributed by atoms with Gasteiger partial charge in [0.15, 0.2) is 0 Å². The van der Waals surface area contributed by atoms with Gasteiger partial charge < -0.3 is 0 Å². The Morgan fingerprint density at radius 3 is 3.08 bits per heavy atom. The van der Waals surface area contributed by atoms with Crippen LogP contribution in [0.4, 0.5) is 0 Å². The molecular weight excluding hydrogens is 150 g/mol. The molecule has 1 spiro atoms. The summed E-state index contributed by atoms with van der Waals surface area (Å²) in [5.41, 5.74) is 1.26. The molecule has 12 heavy (non-hydrogen) atoms. The molecular formula is C10H13NO. The van der Waals surface area contributed by atoms with E-state index in [1.54, 1.807) is 0 Å². The minimum Gasteiger partial charge on any atom is -0.299 e. The number of hydrogen-bond acceptors (Lipinski definition) is 2. The Balaban J connectivity index is 2.04. The van der Waals surface area contributed by atoms with E-state index in [1.807, 2.05) is 0 Å². The number of rotatable bonds is 0. The van der Waals surface area contributed by atoms with Crippen LogP contribution in [0, 0.1) is 11.3 Å². The molecule has 0 aromatic carbocycles. The molecule has 0 amide bonds. The quantitative estimate of drug-likeness (QED) is 0.533. The second-order valence-electron chi connectivity index (χ2n) is 4.29. The molecule has 0 N–H and O–H groups in total. The molecule has 1 heterocycles. The summed E-state index contributed by atoms with van der Waals surface area (Å²) < 4.78 is 0. The average Bonchev–Trinajstić information content (AvgIpc) is 2.40. The molecule has 2 fully saturated rings. The molecule has 2 nitrogen and oxygen atoms in total. The highest BCUT2D eigenvalue weighted by atomic mass is 16.1. The Kier molecular flexibility index (Phi) is 1.12. The maximum atomic E-state index is 11.6. The van der Waals surface area contributed by atoms with Gasteiger partial charge in [-0.05, 0) is 19.3 Å². The van der Waals surface area contributed by atoms with Crippen LogP contribution in [0.3, 0.4) is 0 Å². The van der Waals surface area contributed by atoms with Gasteiger partial charge in [-0.15, -0.1) is 0 Å². The summed E-state index contributed by atoms with van der Waals surface area (Å²) in [4.78, 5) is 16.1. The van der Waals surface area contributed by atoms with Crippen LogP contribution in [0.1, 0.15) is 32.1 Å². The van der Waals surface area contributed by atoms with Gasteiger partial charge in [-0.1, -0.05) is 6.42 Å². The van der Waals surface area contributed by atoms with Crippen LogP contribution < -0.4 is 0 Å². The fourth-order valence-corrected chi connectivity index (χ4v) is 3.14. The normalized spacial score (nSPS) is 44.5. The molecule has 2 heteroatoms. The molecule has 0 aromatic rings. The first-order valence-corrected chi connectivity index (χ1v) is 4.91. The second-order valence-corrected chi connectivity index (χ2v) is 4.29. The van der Waals surface area contributed by atoms with Crippen molar-refractivity contribution in [3.05, 3.63) is 0 Å². The molecule has 2 saturated carbocycles. The van der Waals surface area contributed by atoms with Crippen LogP contribution in [0.5, 0.6) is 0 Å². The number of aliphatic imine (C=N–C) groups is 1. The lowest BCUT2D eigenvalue weighted by Gasteiger charge is -2.46. The van der Waals surface area contributed by atoms with Gasteiger partial charge in [0.1, 0.15) is 5.78 Å². The molecule has 0 saturated heterocycles. The molecule has 3 aliphatic rings. The monoisotopic (exact) mass is 163 g/mol. The molecule has 2 atom stereocenters. The van der Waals surface area contributed by atoms with E-state index in [2.05, 4.69) is 4.99 Å². The number of carbonyl (C=O) groups excluding carboxylic acids is 1. The highest BCUT2D eigenvalue weighted by Gasteiger charge is 2.60. The highest BCUT2D eigenvalue weighted by Crippen LogP contribution is 2.54. The molecule has 64 valence electrons. The average molecular weight is 163 g/mol. The van der Waals surface area contributed by atoms with E-state index in [9.17, 15) is 4.79 Å². The van der Waals surface area contributed by atoms with Crippen molar-refractivity contribution in [1.29, 1.82) is 0 Å². The molecule has 0 aromatic heterocycles. The largest absolute Gasteiger partial charge is 0.299 e. The molecule has 3 rings (SSSR count). The van der Waals surface area contributed by atoms with Crippen LogP contribution in [-0.2, 0) is 4.79 Å². The first-order chi connectivity index (χ1) is 5.84. The fourth-order valence-electron chi connectivity index (χ4n) is 3.14. The SMILES string of the molecule is O=C1C[C@H]2CN=C3CCCCC132. The minimum absolute atomic E-state index is 0.00174. The third-order valence-electron chi connectivity index (χ3n) is 3.88. The Labute approximate surface area is 72.1 Å². The Bertz CT molecular complexity index is 282. The third-order valence-corrected chi connectivity index (χ3v) is 3.88. The van der Waals surface area contributed by atoms with E-state index >= 15 is 0 Å². The molecule has 0 bridgehead atoms. The molecule has 1 aliphatic heterocycles. The number of ketones is 1. The summed E-state index contributed by atoms with van der Waals surface area (Å²) in [7, 11) is 0. The van der Waals surface area contributed by atoms with Gasteiger partial charge in [-0.3, -0.25) is 9.79 Å². The number of nitrogens with zero attached hydrogens (tertiary/aromatic N) is 1. The van der Waals surface area contributed by atoms with Crippen molar-refractivity contribution in [2.24, 2.45) is 16.3 Å². The van der Waals surface area contributed by atoms with Crippen LogP contribution in [0.25, 0.3) is 0 Å². The molecule has 1 unspecified atom stereocenters. The Morgan fingerprint density at radius 1 is 1.42 bits per heavy atom. The summed E-state index contributed by atoms with van der Waals surface area (Å²) >= 11 is 0. The summed E-state index contributed by atoms with van der Waals surface area (Å²) in [6.45, 7) is 0.946. The van der Waals surface area contributed by atoms with Crippen LogP contribution in [0.2, 0.25) is 0 Å². The van der Waals surface area contributed by atoms with Gasteiger partial charge in [0.2, 0.25) is 0 Å². The van der Waals surface area contributed by atoms with Crippen LogP contribution in [-0.4, -0.2) is 18.0 Å². The lowest BCUT2D eigenvalue weighted by molar-refractivity contribution is -0.138. The van der Waals surface area contributed by atoms with Crippen molar-refractivity contribution < 1.29 is 4.79 Å². The molecule has 2 aliphatic carbocycles. The van der Waals surface area contributed by atoms with Crippen molar-refractivity contribution in [2.75, 3.05) is 6.54 Å². The van der Waals surface area contributed by atoms with Crippen molar-refractivity contribution >= 4 is 11.5 Å². The van der Waals surface area contributed by atoms with Gasteiger partial charge in [0.05, 0.1) is 5.41 Å². The lowest BCUT2D eigenvalue weighted by Crippen LogP contribution is -2.54. The van der Waals surface area contributed by atoms with Crippen LogP contribution >= 0.6 is 0 Å². The van der Waals surface area contributed by atoms with Crippen molar-refractivity contribution in [1.82, 2.24) is 0 Å². The predicted octanol–water partition coefficient (Wildman–Crippen LogP) is 1.59. The highest BCUT2D eigenvalue weighted by molar-refractivity contribution is 6.15. The predicted molar refractivity (Wildman–Crippen MR) is 46.3 cm³/mol. The van der Waals surface area contributed by atoms with Crippen molar-refractivity contribution in [2.45, 2.75) is 32.1 Å². The summed E-state index contributed by atoms with van der Waals surface area (Å²) in [6.07, 6.45) is 5.51. The second kappa shape index (κ2) is 1.98. The maximum absolute atomic E-state index is 11.6. The van der Waals surface area contributed by atoms with E-state index in [-0.39, 0.29) is 5.41 Å². The van der Waals surface area contributed by atoms with E-state index in [1.165, 1.54) is 18.6 Å². The van der Waals surface area contributed by atoms with Crippen LogP contribution in [0.15, 0.2) is 4.99 Å². The fraction of sp³-hybridized carbons (Fsp3) is 0.800. The standard InChI is InChI=1S/C10H13NO/c12-9-5-7-6-11-8-3-1-2-4-10(7,8)9/h7H,1-6H2/t7-,10?/m0/s1. The third kappa shape index (κ3) is 0.551. The number of carbonyl (C=O) groups is 1. The van der Waals surface area contributed by atoms with Gasteiger partial charge in [0, 0.05) is 24.6 Å². The van der Waals surface area contributed by atoms with Crippen molar-refractivity contribution in [3.8, 4) is 0 Å². The first-order valence-electron chi connectivity index (χ1n) is 4.91. The minimum atomic E-state index is -0.00174. The number of hydrogen-bond donors (Lipinski definition) is 0. The summed E-state index contributed by atoms with van der Waals surface area (Å²) in [6, 6.07) is 0. The number of Topliss-reactive ketones (excluding diaryl/α,β-unsaturated/α-hetero) is 1. The summed E-state index contributed by atoms with van der Waals surface area (Å²) in [5.74, 6) is 1.10. The van der Waals surface area contributed by atoms with Gasteiger partial charge in [-0.25, -0.2) is 0 Å². The smallest absolute Gasteiger partial charge is 0.145 e. The molecule has 0 radical (unpaired) electrons. The zero-order valence-electron chi connectivity index (χ0n) is 7.18. The van der Waals surface area contributed by atoms with E-state index in [0.29, 0.717) is 11.7 Å². The van der Waals surface area contributed by atoms with E-state index in [0.717, 1.165) is 25.8 Å². The van der Waals surface area contributed by atoms with Gasteiger partial charge in [0.25, 0.3) is 0 Å². The van der Waals surface area contributed by atoms with Gasteiger partial charge >= 0.3 is 0 Å². The zero-order chi connectivity index (χ0) is 8.18. The maximum Gasteiger partial charge on any atom is 0.145 e. The zero-order valence-corrected chi connectivity index (χ0v) is 7.18. The Morgan fingerprint density at radius 2 is 2.33 bits per heavy atom. The van der Waals surface area contributed by atoms with Crippen molar-refractivity contribution in [3.63, 3.8) is 0 Å². The Hall–Kier alpha value is -0.660. The summed E-state index contributed by atoms with van der Waals surface area (Å²) in [5, 5.41) is 0. The first kappa shape index (κ1) is 6.81. The topological polar surface area (TPSA) is 29.4 Å².